The molecule has 0 spiro atoms. The summed E-state index contributed by atoms with van der Waals surface area (Å²) in [6.45, 7) is 4.00. The number of aromatic amines is 1. The Morgan fingerprint density at radius 2 is 2.17 bits per heavy atom. The quantitative estimate of drug-likeness (QED) is 0.768. The van der Waals surface area contributed by atoms with Gasteiger partial charge in [-0.1, -0.05) is 17.7 Å². The average Bonchev–Trinajstić information content (AvgIpc) is 2.80. The lowest BCUT2D eigenvalue weighted by molar-refractivity contribution is -0.138. The number of nitrogens with two attached hydrogens (primary N) is 1. The predicted molar refractivity (Wildman–Crippen MR) is 68.1 cm³/mol. The van der Waals surface area contributed by atoms with Crippen molar-refractivity contribution in [1.29, 1.82) is 0 Å². The summed E-state index contributed by atoms with van der Waals surface area (Å²) in [5.41, 5.74) is 9.52. The summed E-state index contributed by atoms with van der Waals surface area (Å²) in [6.07, 6.45) is 1.61. The highest BCUT2D eigenvalue weighted by Gasteiger charge is 2.18. The van der Waals surface area contributed by atoms with Gasteiger partial charge < -0.3 is 15.8 Å². The zero-order valence-electron chi connectivity index (χ0n) is 10.3. The molecule has 1 heterocycles. The molecule has 0 saturated carbocycles. The number of hydrogen-bond donors (Lipinski definition) is 3. The van der Waals surface area contributed by atoms with E-state index >= 15 is 0 Å². The molecule has 2 rings (SSSR count). The first-order valence-corrected chi connectivity index (χ1v) is 5.60. The second-order valence-electron chi connectivity index (χ2n) is 4.32. The molecule has 1 aromatic carbocycles. The minimum atomic E-state index is -1.12. The summed E-state index contributed by atoms with van der Waals surface area (Å²) < 4.78 is 0. The molecule has 0 bridgehead atoms. The summed E-state index contributed by atoms with van der Waals surface area (Å²) in [4.78, 5) is 17.8. The summed E-state index contributed by atoms with van der Waals surface area (Å²) in [5.74, 6) is -0.838. The number of carbonyl (C=O) groups is 1. The molecule has 0 aliphatic carbocycles. The van der Waals surface area contributed by atoms with Gasteiger partial charge in [0.2, 0.25) is 0 Å². The molecule has 0 saturated heterocycles. The standard InChI is InChI=1S/C13H15N3O2/c1-7-3-4-8(2)9(5-7)10-6-15-12(16-10)11(14)13(17)18/h3-6,11H,14H2,1-2H3,(H,15,16)(H,17,18). The number of nitrogens with one attached hydrogen (secondary N) is 1. The fourth-order valence-electron chi connectivity index (χ4n) is 1.77. The van der Waals surface area contributed by atoms with Gasteiger partial charge in [0.1, 0.15) is 5.82 Å². The largest absolute Gasteiger partial charge is 0.480 e. The van der Waals surface area contributed by atoms with E-state index in [2.05, 4.69) is 9.97 Å². The Morgan fingerprint density at radius 3 is 2.83 bits per heavy atom. The Morgan fingerprint density at radius 1 is 1.44 bits per heavy atom. The molecular formula is C13H15N3O2. The molecule has 1 atom stereocenters. The number of carboxylic acid groups (broad SMARTS) is 1. The molecule has 94 valence electrons. The van der Waals surface area contributed by atoms with E-state index in [1.54, 1.807) is 6.20 Å². The molecule has 18 heavy (non-hydrogen) atoms. The smallest absolute Gasteiger partial charge is 0.328 e. The molecule has 5 heteroatoms. The average molecular weight is 245 g/mol. The molecule has 0 fully saturated rings. The topological polar surface area (TPSA) is 92.0 Å². The van der Waals surface area contributed by atoms with E-state index < -0.39 is 12.0 Å². The Hall–Kier alpha value is -2.14. The van der Waals surface area contributed by atoms with Crippen LogP contribution in [-0.4, -0.2) is 21.0 Å². The summed E-state index contributed by atoms with van der Waals surface area (Å²) >= 11 is 0. The maximum atomic E-state index is 10.8. The Balaban J connectivity index is 2.41. The van der Waals surface area contributed by atoms with Crippen molar-refractivity contribution in [1.82, 2.24) is 9.97 Å². The second-order valence-corrected chi connectivity index (χ2v) is 4.32. The molecule has 0 aliphatic heterocycles. The Kier molecular flexibility index (Phi) is 3.16. The first-order valence-electron chi connectivity index (χ1n) is 5.60. The third-order valence-corrected chi connectivity index (χ3v) is 2.84. The van der Waals surface area contributed by atoms with Crippen LogP contribution in [0.15, 0.2) is 24.4 Å². The van der Waals surface area contributed by atoms with Gasteiger partial charge >= 0.3 is 5.97 Å². The first kappa shape index (κ1) is 12.3. The maximum Gasteiger partial charge on any atom is 0.328 e. The molecular weight excluding hydrogens is 230 g/mol. The van der Waals surface area contributed by atoms with Crippen LogP contribution in [-0.2, 0) is 4.79 Å². The fraction of sp³-hybridized carbons (Fsp3) is 0.231. The van der Waals surface area contributed by atoms with Gasteiger partial charge in [-0.2, -0.15) is 0 Å². The van der Waals surface area contributed by atoms with E-state index in [1.807, 2.05) is 32.0 Å². The van der Waals surface area contributed by atoms with Gasteiger partial charge in [0, 0.05) is 5.56 Å². The second kappa shape index (κ2) is 4.62. The number of hydrogen-bond acceptors (Lipinski definition) is 3. The number of nitrogens with zero attached hydrogens (tertiary/aromatic N) is 1. The molecule has 0 aliphatic rings. The number of aromatic nitrogens is 2. The van der Waals surface area contributed by atoms with Gasteiger partial charge in [0.05, 0.1) is 11.9 Å². The van der Waals surface area contributed by atoms with E-state index in [0.29, 0.717) is 0 Å². The maximum absolute atomic E-state index is 10.8. The van der Waals surface area contributed by atoms with Crippen LogP contribution < -0.4 is 5.73 Å². The lowest BCUT2D eigenvalue weighted by atomic mass is 10.0. The number of aryl methyl sites for hydroxylation is 2. The van der Waals surface area contributed by atoms with Crippen molar-refractivity contribution in [3.8, 4) is 11.3 Å². The van der Waals surface area contributed by atoms with E-state index in [-0.39, 0.29) is 5.82 Å². The van der Waals surface area contributed by atoms with Gasteiger partial charge in [-0.15, -0.1) is 0 Å². The van der Waals surface area contributed by atoms with E-state index in [1.165, 1.54) is 0 Å². The number of aliphatic carboxylic acids is 1. The number of rotatable bonds is 3. The number of imidazole rings is 1. The van der Waals surface area contributed by atoms with Crippen molar-refractivity contribution in [2.45, 2.75) is 19.9 Å². The van der Waals surface area contributed by atoms with Crippen LogP contribution in [0.5, 0.6) is 0 Å². The van der Waals surface area contributed by atoms with Gasteiger partial charge in [-0.05, 0) is 25.5 Å². The monoisotopic (exact) mass is 245 g/mol. The zero-order valence-corrected chi connectivity index (χ0v) is 10.3. The van der Waals surface area contributed by atoms with Crippen molar-refractivity contribution in [3.05, 3.63) is 41.3 Å². The molecule has 1 unspecified atom stereocenters. The van der Waals surface area contributed by atoms with Crippen LogP contribution in [0.1, 0.15) is 23.0 Å². The highest BCUT2D eigenvalue weighted by Crippen LogP contribution is 2.23. The first-order chi connectivity index (χ1) is 8.49. The van der Waals surface area contributed by atoms with Crippen molar-refractivity contribution in [3.63, 3.8) is 0 Å². The SMILES string of the molecule is Cc1ccc(C)c(-c2cnc(C(N)C(=O)O)[nH]2)c1. The molecule has 2 aromatic rings. The van der Waals surface area contributed by atoms with E-state index in [4.69, 9.17) is 10.8 Å². The Labute approximate surface area is 105 Å². The summed E-state index contributed by atoms with van der Waals surface area (Å²) in [7, 11) is 0. The minimum absolute atomic E-state index is 0.262. The Bertz CT molecular complexity index is 590. The van der Waals surface area contributed by atoms with Crippen molar-refractivity contribution < 1.29 is 9.90 Å². The molecule has 5 nitrogen and oxygen atoms in total. The summed E-state index contributed by atoms with van der Waals surface area (Å²) in [6, 6.07) is 4.95. The van der Waals surface area contributed by atoms with Gasteiger partial charge in [-0.25, -0.2) is 4.98 Å². The number of H-pyrrole nitrogens is 1. The normalized spacial score (nSPS) is 12.4. The molecule has 0 amide bonds. The zero-order chi connectivity index (χ0) is 13.3. The van der Waals surface area contributed by atoms with E-state index in [0.717, 1.165) is 22.4 Å². The number of carboxylic acids is 1. The van der Waals surface area contributed by atoms with Gasteiger partial charge in [-0.3, -0.25) is 4.79 Å². The van der Waals surface area contributed by atoms with Gasteiger partial charge in [0.15, 0.2) is 6.04 Å². The molecule has 0 radical (unpaired) electrons. The highest BCUT2D eigenvalue weighted by atomic mass is 16.4. The van der Waals surface area contributed by atoms with Crippen molar-refractivity contribution in [2.24, 2.45) is 5.73 Å². The summed E-state index contributed by atoms with van der Waals surface area (Å²) in [5, 5.41) is 8.83. The van der Waals surface area contributed by atoms with Crippen LogP contribution in [0.25, 0.3) is 11.3 Å². The van der Waals surface area contributed by atoms with Gasteiger partial charge in [0.25, 0.3) is 0 Å². The van der Waals surface area contributed by atoms with E-state index in [9.17, 15) is 4.79 Å². The lowest BCUT2D eigenvalue weighted by Crippen LogP contribution is -2.21. The van der Waals surface area contributed by atoms with Crippen LogP contribution in [0.2, 0.25) is 0 Å². The number of benzene rings is 1. The third kappa shape index (κ3) is 2.26. The fourth-order valence-corrected chi connectivity index (χ4v) is 1.77. The lowest BCUT2D eigenvalue weighted by Gasteiger charge is -2.05. The van der Waals surface area contributed by atoms with Crippen molar-refractivity contribution in [2.75, 3.05) is 0 Å². The van der Waals surface area contributed by atoms with Crippen LogP contribution in [0, 0.1) is 13.8 Å². The van der Waals surface area contributed by atoms with Crippen LogP contribution in [0.4, 0.5) is 0 Å². The van der Waals surface area contributed by atoms with Crippen LogP contribution >= 0.6 is 0 Å². The minimum Gasteiger partial charge on any atom is -0.480 e. The highest BCUT2D eigenvalue weighted by molar-refractivity contribution is 5.74. The molecule has 1 aromatic heterocycles. The predicted octanol–water partition coefficient (Wildman–Crippen LogP) is 1.78. The molecule has 4 N–H and O–H groups in total. The van der Waals surface area contributed by atoms with Crippen molar-refractivity contribution >= 4 is 5.97 Å². The van der Waals surface area contributed by atoms with Crippen LogP contribution in [0.3, 0.4) is 0 Å². The third-order valence-electron chi connectivity index (χ3n) is 2.84.